The average molecular weight is 368 g/mol. The standard InChI is InChI=1S/C19H20N4O2S/c1-12-5-7-13(8-6-12)18-21-22-19(26)23(18)11-17(24)20-15-3-2-4-16-14(15)9-10-25-16/h5-10,15H,2-4,11H2,1H3,(H,20,24)(H,22,26). The summed E-state index contributed by atoms with van der Waals surface area (Å²) in [6.45, 7) is 2.16. The molecule has 26 heavy (non-hydrogen) atoms. The Balaban J connectivity index is 1.53. The monoisotopic (exact) mass is 368 g/mol. The average Bonchev–Trinajstić information content (AvgIpc) is 3.24. The zero-order valence-electron chi connectivity index (χ0n) is 14.5. The van der Waals surface area contributed by atoms with E-state index in [4.69, 9.17) is 16.6 Å². The Kier molecular flexibility index (Phi) is 4.46. The number of carbonyl (C=O) groups is 1. The molecular formula is C19H20N4O2S. The third kappa shape index (κ3) is 3.22. The number of nitrogens with one attached hydrogen (secondary N) is 2. The first-order valence-electron chi connectivity index (χ1n) is 8.69. The van der Waals surface area contributed by atoms with Crippen LogP contribution >= 0.6 is 12.2 Å². The van der Waals surface area contributed by atoms with Crippen molar-refractivity contribution >= 4 is 18.1 Å². The van der Waals surface area contributed by atoms with Gasteiger partial charge in [0.25, 0.3) is 0 Å². The lowest BCUT2D eigenvalue weighted by Gasteiger charge is -2.23. The van der Waals surface area contributed by atoms with Crippen LogP contribution in [0.4, 0.5) is 0 Å². The summed E-state index contributed by atoms with van der Waals surface area (Å²) in [5, 5.41) is 10.2. The lowest BCUT2D eigenvalue weighted by molar-refractivity contribution is -0.122. The molecule has 7 heteroatoms. The Bertz CT molecular complexity index is 984. The largest absolute Gasteiger partial charge is 0.469 e. The number of amides is 1. The summed E-state index contributed by atoms with van der Waals surface area (Å²) in [6, 6.07) is 9.93. The molecule has 2 N–H and O–H groups in total. The number of furan rings is 1. The summed E-state index contributed by atoms with van der Waals surface area (Å²) < 4.78 is 7.66. The Morgan fingerprint density at radius 2 is 2.19 bits per heavy atom. The molecule has 1 aromatic carbocycles. The number of carbonyl (C=O) groups excluding carboxylic acids is 1. The maximum absolute atomic E-state index is 12.6. The second-order valence-corrected chi connectivity index (χ2v) is 7.00. The third-order valence-electron chi connectivity index (χ3n) is 4.76. The SMILES string of the molecule is Cc1ccc(-c2n[nH]c(=S)n2CC(=O)NC2CCCc3occc32)cc1. The van der Waals surface area contributed by atoms with E-state index in [1.54, 1.807) is 10.8 Å². The summed E-state index contributed by atoms with van der Waals surface area (Å²) in [7, 11) is 0. The minimum atomic E-state index is -0.0880. The number of aryl methyl sites for hydroxylation is 2. The molecule has 1 amide bonds. The van der Waals surface area contributed by atoms with E-state index in [9.17, 15) is 4.79 Å². The normalized spacial score (nSPS) is 16.3. The molecule has 0 radical (unpaired) electrons. The number of aromatic nitrogens is 3. The van der Waals surface area contributed by atoms with Crippen LogP contribution in [0.3, 0.4) is 0 Å². The van der Waals surface area contributed by atoms with Crippen molar-refractivity contribution in [2.45, 2.75) is 38.8 Å². The van der Waals surface area contributed by atoms with E-state index in [0.29, 0.717) is 10.6 Å². The first-order chi connectivity index (χ1) is 12.6. The molecular weight excluding hydrogens is 348 g/mol. The quantitative estimate of drug-likeness (QED) is 0.689. The summed E-state index contributed by atoms with van der Waals surface area (Å²) in [4.78, 5) is 12.6. The number of H-pyrrole nitrogens is 1. The van der Waals surface area contributed by atoms with E-state index in [2.05, 4.69) is 15.5 Å². The van der Waals surface area contributed by atoms with Gasteiger partial charge in [-0.25, -0.2) is 0 Å². The van der Waals surface area contributed by atoms with Gasteiger partial charge in [0, 0.05) is 17.5 Å². The molecule has 1 aliphatic rings. The molecule has 2 aromatic heterocycles. The van der Waals surface area contributed by atoms with Crippen molar-refractivity contribution < 1.29 is 9.21 Å². The molecule has 1 atom stereocenters. The van der Waals surface area contributed by atoms with Crippen molar-refractivity contribution in [1.82, 2.24) is 20.1 Å². The fourth-order valence-corrected chi connectivity index (χ4v) is 3.60. The summed E-state index contributed by atoms with van der Waals surface area (Å²) in [6.07, 6.45) is 4.54. The highest BCUT2D eigenvalue weighted by atomic mass is 32.1. The van der Waals surface area contributed by atoms with Crippen molar-refractivity contribution in [2.75, 3.05) is 0 Å². The number of hydrogen-bond donors (Lipinski definition) is 2. The van der Waals surface area contributed by atoms with Gasteiger partial charge in [-0.2, -0.15) is 5.10 Å². The van der Waals surface area contributed by atoms with Gasteiger partial charge in [-0.1, -0.05) is 29.8 Å². The highest BCUT2D eigenvalue weighted by Gasteiger charge is 2.24. The summed E-state index contributed by atoms with van der Waals surface area (Å²) in [5.41, 5.74) is 3.17. The molecule has 2 heterocycles. The van der Waals surface area contributed by atoms with Crippen molar-refractivity contribution in [3.05, 3.63) is 58.3 Å². The van der Waals surface area contributed by atoms with E-state index >= 15 is 0 Å². The number of aromatic amines is 1. The van der Waals surface area contributed by atoms with Gasteiger partial charge in [-0.3, -0.25) is 14.5 Å². The number of rotatable bonds is 4. The fourth-order valence-electron chi connectivity index (χ4n) is 3.41. The molecule has 0 saturated heterocycles. The van der Waals surface area contributed by atoms with Crippen LogP contribution in [0.15, 0.2) is 41.0 Å². The number of benzene rings is 1. The first kappa shape index (κ1) is 16.8. The molecule has 0 fully saturated rings. The molecule has 4 rings (SSSR count). The van der Waals surface area contributed by atoms with Gasteiger partial charge >= 0.3 is 0 Å². The fraction of sp³-hybridized carbons (Fsp3) is 0.316. The number of nitrogens with zero attached hydrogens (tertiary/aromatic N) is 2. The van der Waals surface area contributed by atoms with Gasteiger partial charge in [0.2, 0.25) is 5.91 Å². The van der Waals surface area contributed by atoms with E-state index in [1.807, 2.05) is 37.3 Å². The first-order valence-corrected chi connectivity index (χ1v) is 9.10. The van der Waals surface area contributed by atoms with Crippen LogP contribution in [0, 0.1) is 11.7 Å². The van der Waals surface area contributed by atoms with Crippen molar-refractivity contribution in [3.63, 3.8) is 0 Å². The topological polar surface area (TPSA) is 75.8 Å². The highest BCUT2D eigenvalue weighted by molar-refractivity contribution is 7.71. The Hall–Kier alpha value is -2.67. The Labute approximate surface area is 156 Å². The van der Waals surface area contributed by atoms with Gasteiger partial charge in [0.15, 0.2) is 10.6 Å². The van der Waals surface area contributed by atoms with E-state index in [1.165, 1.54) is 5.56 Å². The maximum atomic E-state index is 12.6. The van der Waals surface area contributed by atoms with Gasteiger partial charge in [0.1, 0.15) is 12.3 Å². The molecule has 0 saturated carbocycles. The molecule has 0 aliphatic heterocycles. The van der Waals surface area contributed by atoms with Gasteiger partial charge < -0.3 is 9.73 Å². The van der Waals surface area contributed by atoms with Crippen molar-refractivity contribution in [2.24, 2.45) is 0 Å². The Morgan fingerprint density at radius 3 is 3.00 bits per heavy atom. The van der Waals surface area contributed by atoms with Gasteiger partial charge in [-0.15, -0.1) is 0 Å². The van der Waals surface area contributed by atoms with Crippen LogP contribution < -0.4 is 5.32 Å². The van der Waals surface area contributed by atoms with Crippen LogP contribution in [0.1, 0.15) is 35.8 Å². The zero-order valence-corrected chi connectivity index (χ0v) is 15.3. The summed E-state index contributed by atoms with van der Waals surface area (Å²) >= 11 is 5.32. The molecule has 3 aromatic rings. The molecule has 6 nitrogen and oxygen atoms in total. The van der Waals surface area contributed by atoms with Crippen LogP contribution in [0.2, 0.25) is 0 Å². The van der Waals surface area contributed by atoms with E-state index in [-0.39, 0.29) is 18.5 Å². The van der Waals surface area contributed by atoms with Crippen molar-refractivity contribution in [3.8, 4) is 11.4 Å². The van der Waals surface area contributed by atoms with Crippen molar-refractivity contribution in [1.29, 1.82) is 0 Å². The van der Waals surface area contributed by atoms with Crippen LogP contribution in [-0.2, 0) is 17.8 Å². The van der Waals surface area contributed by atoms with Crippen LogP contribution in [0.5, 0.6) is 0 Å². The number of fused-ring (bicyclic) bond motifs is 1. The minimum Gasteiger partial charge on any atom is -0.469 e. The molecule has 1 aliphatic carbocycles. The highest BCUT2D eigenvalue weighted by Crippen LogP contribution is 2.30. The van der Waals surface area contributed by atoms with Gasteiger partial charge in [-0.05, 0) is 38.0 Å². The van der Waals surface area contributed by atoms with Gasteiger partial charge in [0.05, 0.1) is 12.3 Å². The number of hydrogen-bond acceptors (Lipinski definition) is 4. The summed E-state index contributed by atoms with van der Waals surface area (Å²) in [5.74, 6) is 1.55. The third-order valence-corrected chi connectivity index (χ3v) is 5.07. The van der Waals surface area contributed by atoms with Crippen LogP contribution in [-0.4, -0.2) is 20.7 Å². The van der Waals surface area contributed by atoms with E-state index < -0.39 is 0 Å². The Morgan fingerprint density at radius 1 is 1.38 bits per heavy atom. The lowest BCUT2D eigenvalue weighted by atomic mass is 9.93. The smallest absolute Gasteiger partial charge is 0.240 e. The molecule has 0 spiro atoms. The predicted molar refractivity (Wildman–Crippen MR) is 100 cm³/mol. The molecule has 134 valence electrons. The lowest BCUT2D eigenvalue weighted by Crippen LogP contribution is -2.33. The second-order valence-electron chi connectivity index (χ2n) is 6.62. The molecule has 1 unspecified atom stereocenters. The predicted octanol–water partition coefficient (Wildman–Crippen LogP) is 3.70. The van der Waals surface area contributed by atoms with Crippen LogP contribution in [0.25, 0.3) is 11.4 Å². The minimum absolute atomic E-state index is 0.00565. The maximum Gasteiger partial charge on any atom is 0.240 e. The second kappa shape index (κ2) is 6.92. The molecule has 0 bridgehead atoms. The zero-order chi connectivity index (χ0) is 18.1. The van der Waals surface area contributed by atoms with E-state index in [0.717, 1.165) is 36.1 Å².